The van der Waals surface area contributed by atoms with Crippen molar-refractivity contribution in [2.75, 3.05) is 0 Å². The van der Waals surface area contributed by atoms with Gasteiger partial charge in [-0.2, -0.15) is 0 Å². The zero-order valence-electron chi connectivity index (χ0n) is 27.7. The fourth-order valence-corrected chi connectivity index (χ4v) is 7.78. The molecule has 0 saturated carbocycles. The third-order valence-electron chi connectivity index (χ3n) is 10.4. The fraction of sp³-hybridized carbons (Fsp3) is 0.919. The molecule has 0 aromatic rings. The number of ether oxygens (including phenoxy) is 4. The number of carbonyl (C=O) groups excluding carboxylic acids is 1. The van der Waals surface area contributed by atoms with Crippen LogP contribution in [-0.2, 0) is 23.7 Å². The van der Waals surface area contributed by atoms with Gasteiger partial charge in [-0.25, -0.2) is 4.79 Å². The zero-order valence-corrected chi connectivity index (χ0v) is 27.7. The Bertz CT molecular complexity index is 813. The highest BCUT2D eigenvalue weighted by molar-refractivity contribution is 5.90. The summed E-state index contributed by atoms with van der Waals surface area (Å²) in [5, 5.41) is 10.8. The summed E-state index contributed by atoms with van der Waals surface area (Å²) in [6.45, 7) is 4.19. The number of esters is 1. The molecule has 6 heteroatoms. The van der Waals surface area contributed by atoms with Crippen LogP contribution < -0.4 is 0 Å². The highest BCUT2D eigenvalue weighted by Gasteiger charge is 2.42. The van der Waals surface area contributed by atoms with E-state index in [4.69, 9.17) is 18.9 Å². The van der Waals surface area contributed by atoms with Crippen LogP contribution in [0.1, 0.15) is 168 Å². The number of rotatable bonds is 21. The Morgan fingerprint density at radius 3 is 2.00 bits per heavy atom. The topological polar surface area (TPSA) is 74.2 Å². The molecule has 248 valence electrons. The van der Waals surface area contributed by atoms with Crippen LogP contribution >= 0.6 is 0 Å². The SMILES string of the molecule is CCCCCCC1CCCC(C2CCC([C@H]3CC[C@H]([C@H](O)CCCCCCCCCCCCC4=C[C@H](C)OC4=O)O3)O2)O1. The highest BCUT2D eigenvalue weighted by atomic mass is 16.6. The van der Waals surface area contributed by atoms with Crippen LogP contribution in [0.4, 0.5) is 0 Å². The number of aliphatic hydroxyl groups is 1. The molecule has 0 aromatic heterocycles. The van der Waals surface area contributed by atoms with Crippen LogP contribution in [0.15, 0.2) is 11.6 Å². The van der Waals surface area contributed by atoms with Crippen molar-refractivity contribution >= 4 is 5.97 Å². The Labute approximate surface area is 263 Å². The van der Waals surface area contributed by atoms with Crippen LogP contribution in [0.5, 0.6) is 0 Å². The molecule has 4 aliphatic heterocycles. The lowest BCUT2D eigenvalue weighted by Crippen LogP contribution is -2.38. The van der Waals surface area contributed by atoms with E-state index in [1.165, 1.54) is 96.3 Å². The first-order chi connectivity index (χ1) is 21.0. The van der Waals surface area contributed by atoms with E-state index in [1.807, 2.05) is 13.0 Å². The van der Waals surface area contributed by atoms with Gasteiger partial charge in [0.05, 0.1) is 42.7 Å². The van der Waals surface area contributed by atoms with Crippen LogP contribution in [-0.4, -0.2) is 59.9 Å². The predicted octanol–water partition coefficient (Wildman–Crippen LogP) is 8.90. The number of hydrogen-bond acceptors (Lipinski definition) is 6. The van der Waals surface area contributed by atoms with E-state index in [1.54, 1.807) is 0 Å². The highest BCUT2D eigenvalue weighted by Crippen LogP contribution is 2.37. The van der Waals surface area contributed by atoms with E-state index in [0.717, 1.165) is 63.4 Å². The molecule has 0 aromatic carbocycles. The summed E-state index contributed by atoms with van der Waals surface area (Å²) in [5.41, 5.74) is 0.875. The van der Waals surface area contributed by atoms with Crippen LogP contribution in [0.2, 0.25) is 0 Å². The van der Waals surface area contributed by atoms with Gasteiger partial charge in [-0.15, -0.1) is 0 Å². The first-order valence-corrected chi connectivity index (χ1v) is 18.6. The second-order valence-corrected chi connectivity index (χ2v) is 14.1. The predicted molar refractivity (Wildman–Crippen MR) is 172 cm³/mol. The van der Waals surface area contributed by atoms with Crippen molar-refractivity contribution in [3.8, 4) is 0 Å². The van der Waals surface area contributed by atoms with E-state index in [0.29, 0.717) is 6.10 Å². The van der Waals surface area contributed by atoms with Gasteiger partial charge in [-0.1, -0.05) is 90.4 Å². The quantitative estimate of drug-likeness (QED) is 0.104. The average Bonchev–Trinajstić information content (AvgIpc) is 3.76. The first kappa shape index (κ1) is 34.9. The van der Waals surface area contributed by atoms with Crippen molar-refractivity contribution in [2.24, 2.45) is 0 Å². The van der Waals surface area contributed by atoms with Gasteiger partial charge in [-0.3, -0.25) is 0 Å². The second kappa shape index (κ2) is 19.5. The number of aliphatic hydroxyl groups excluding tert-OH is 1. The summed E-state index contributed by atoms with van der Waals surface area (Å²) >= 11 is 0. The van der Waals surface area contributed by atoms with Crippen molar-refractivity contribution in [1.82, 2.24) is 0 Å². The van der Waals surface area contributed by atoms with Gasteiger partial charge >= 0.3 is 5.97 Å². The molecular weight excluding hydrogens is 540 g/mol. The van der Waals surface area contributed by atoms with Crippen molar-refractivity contribution in [1.29, 1.82) is 0 Å². The van der Waals surface area contributed by atoms with Gasteiger partial charge < -0.3 is 24.1 Å². The van der Waals surface area contributed by atoms with Gasteiger partial charge in [0.15, 0.2) is 0 Å². The monoisotopic (exact) mass is 604 g/mol. The van der Waals surface area contributed by atoms with Crippen molar-refractivity contribution in [3.05, 3.63) is 11.6 Å². The summed E-state index contributed by atoms with van der Waals surface area (Å²) in [7, 11) is 0. The van der Waals surface area contributed by atoms with E-state index in [2.05, 4.69) is 6.92 Å². The van der Waals surface area contributed by atoms with Gasteiger partial charge in [0.2, 0.25) is 0 Å². The molecule has 0 bridgehead atoms. The lowest BCUT2D eigenvalue weighted by Gasteiger charge is -2.34. The Balaban J connectivity index is 0.972. The minimum absolute atomic E-state index is 0.0231. The molecule has 0 spiro atoms. The average molecular weight is 605 g/mol. The van der Waals surface area contributed by atoms with Gasteiger partial charge in [0, 0.05) is 5.57 Å². The molecule has 3 fully saturated rings. The lowest BCUT2D eigenvalue weighted by molar-refractivity contribution is -0.145. The van der Waals surface area contributed by atoms with Gasteiger partial charge in [0.25, 0.3) is 0 Å². The molecular formula is C37H64O6. The molecule has 0 radical (unpaired) electrons. The summed E-state index contributed by atoms with van der Waals surface area (Å²) in [6, 6.07) is 0. The summed E-state index contributed by atoms with van der Waals surface area (Å²) < 4.78 is 24.6. The van der Waals surface area contributed by atoms with Crippen LogP contribution in [0.25, 0.3) is 0 Å². The zero-order chi connectivity index (χ0) is 30.3. The third-order valence-corrected chi connectivity index (χ3v) is 10.4. The number of cyclic esters (lactones) is 1. The molecule has 4 unspecified atom stereocenters. The minimum Gasteiger partial charge on any atom is -0.455 e. The van der Waals surface area contributed by atoms with E-state index in [9.17, 15) is 9.90 Å². The maximum atomic E-state index is 11.6. The Kier molecular flexibility index (Phi) is 15.9. The summed E-state index contributed by atoms with van der Waals surface area (Å²) in [5.74, 6) is -0.113. The minimum atomic E-state index is -0.345. The van der Waals surface area contributed by atoms with Crippen LogP contribution in [0, 0.1) is 0 Å². The Morgan fingerprint density at radius 2 is 1.33 bits per heavy atom. The maximum Gasteiger partial charge on any atom is 0.334 e. The smallest absolute Gasteiger partial charge is 0.334 e. The molecule has 43 heavy (non-hydrogen) atoms. The molecule has 6 nitrogen and oxygen atoms in total. The molecule has 8 atom stereocenters. The standard InChI is InChI=1S/C37H64O6/c1-3-4-5-15-19-30-20-17-22-33(41-30)34-25-26-36(43-34)35-24-23-32(42-35)31(38)21-16-13-11-9-7-6-8-10-12-14-18-29-27-28(2)40-37(29)39/h27-28,30-36,38H,3-26H2,1-2H3/t28-,30?,31+,32+,33?,34?,35+,36?/m0/s1. The molecule has 4 rings (SSSR count). The van der Waals surface area contributed by atoms with Crippen molar-refractivity contribution in [2.45, 2.75) is 217 Å². The molecule has 4 heterocycles. The Hall–Kier alpha value is -0.950. The fourth-order valence-electron chi connectivity index (χ4n) is 7.78. The summed E-state index contributed by atoms with van der Waals surface area (Å²) in [6.07, 6.45) is 30.9. The third kappa shape index (κ3) is 12.1. The van der Waals surface area contributed by atoms with Crippen molar-refractivity contribution < 1.29 is 28.8 Å². The van der Waals surface area contributed by atoms with E-state index < -0.39 is 0 Å². The number of carbonyl (C=O) groups is 1. The number of hydrogen-bond donors (Lipinski definition) is 1. The molecule has 0 aliphatic carbocycles. The van der Waals surface area contributed by atoms with Gasteiger partial charge in [-0.05, 0) is 83.6 Å². The summed E-state index contributed by atoms with van der Waals surface area (Å²) in [4.78, 5) is 11.6. The van der Waals surface area contributed by atoms with Crippen LogP contribution in [0.3, 0.4) is 0 Å². The van der Waals surface area contributed by atoms with E-state index >= 15 is 0 Å². The second-order valence-electron chi connectivity index (χ2n) is 14.1. The lowest BCUT2D eigenvalue weighted by atomic mass is 9.96. The largest absolute Gasteiger partial charge is 0.455 e. The van der Waals surface area contributed by atoms with Gasteiger partial charge in [0.1, 0.15) is 6.10 Å². The molecule has 0 amide bonds. The normalized spacial score (nSPS) is 31.8. The van der Waals surface area contributed by atoms with E-state index in [-0.39, 0.29) is 48.7 Å². The molecule has 3 saturated heterocycles. The Morgan fingerprint density at radius 1 is 0.721 bits per heavy atom. The number of unbranched alkanes of at least 4 members (excludes halogenated alkanes) is 12. The molecule has 4 aliphatic rings. The van der Waals surface area contributed by atoms with Crippen molar-refractivity contribution in [3.63, 3.8) is 0 Å². The molecule has 1 N–H and O–H groups in total. The maximum absolute atomic E-state index is 11.6. The first-order valence-electron chi connectivity index (χ1n) is 18.6.